The zero-order chi connectivity index (χ0) is 23.2. The van der Waals surface area contributed by atoms with Gasteiger partial charge in [-0.1, -0.05) is 49.4 Å². The van der Waals surface area contributed by atoms with E-state index in [1.165, 1.54) is 27.6 Å². The van der Waals surface area contributed by atoms with Crippen molar-refractivity contribution in [2.24, 2.45) is 5.73 Å². The first-order valence-electron chi connectivity index (χ1n) is 11.5. The summed E-state index contributed by atoms with van der Waals surface area (Å²) in [5.41, 5.74) is 13.2. The molecule has 4 rings (SSSR count). The van der Waals surface area contributed by atoms with Gasteiger partial charge in [0.05, 0.1) is 14.2 Å². The lowest BCUT2D eigenvalue weighted by molar-refractivity contribution is 0.414. The molecular formula is C29H32N2O2. The Kier molecular flexibility index (Phi) is 7.16. The van der Waals surface area contributed by atoms with E-state index in [1.54, 1.807) is 14.2 Å². The summed E-state index contributed by atoms with van der Waals surface area (Å²) >= 11 is 0. The largest absolute Gasteiger partial charge is 0.497 e. The number of benzene rings is 3. The third-order valence-electron chi connectivity index (χ3n) is 6.13. The molecule has 0 fully saturated rings. The predicted molar refractivity (Wildman–Crippen MR) is 138 cm³/mol. The van der Waals surface area contributed by atoms with E-state index in [9.17, 15) is 0 Å². The SMILES string of the molecule is CCC(=C(c1ccc(OC)cc1)c1ccc(OC)cc1)c1cn(CCCN)c2ccccc12. The first-order valence-corrected chi connectivity index (χ1v) is 11.5. The summed E-state index contributed by atoms with van der Waals surface area (Å²) in [5, 5.41) is 1.27. The number of hydrogen-bond donors (Lipinski definition) is 1. The first-order chi connectivity index (χ1) is 16.2. The summed E-state index contributed by atoms with van der Waals surface area (Å²) in [7, 11) is 3.39. The minimum atomic E-state index is 0.682. The van der Waals surface area contributed by atoms with Gasteiger partial charge < -0.3 is 19.8 Å². The van der Waals surface area contributed by atoms with Crippen molar-refractivity contribution in [1.29, 1.82) is 0 Å². The number of nitrogens with two attached hydrogens (primary N) is 1. The van der Waals surface area contributed by atoms with Gasteiger partial charge in [-0.3, -0.25) is 0 Å². The van der Waals surface area contributed by atoms with Crippen molar-refractivity contribution in [2.45, 2.75) is 26.3 Å². The molecule has 2 N–H and O–H groups in total. The molecule has 33 heavy (non-hydrogen) atoms. The van der Waals surface area contributed by atoms with Crippen LogP contribution in [-0.4, -0.2) is 25.3 Å². The summed E-state index contributed by atoms with van der Waals surface area (Å²) in [6.45, 7) is 3.82. The van der Waals surface area contributed by atoms with Gasteiger partial charge in [0, 0.05) is 29.2 Å². The molecule has 0 bridgehead atoms. The van der Waals surface area contributed by atoms with E-state index in [0.29, 0.717) is 6.54 Å². The minimum Gasteiger partial charge on any atom is -0.497 e. The van der Waals surface area contributed by atoms with Crippen LogP contribution in [0.2, 0.25) is 0 Å². The predicted octanol–water partition coefficient (Wildman–Crippen LogP) is 6.38. The van der Waals surface area contributed by atoms with E-state index < -0.39 is 0 Å². The summed E-state index contributed by atoms with van der Waals surface area (Å²) in [6.07, 6.45) is 4.15. The van der Waals surface area contributed by atoms with Crippen LogP contribution in [0, 0.1) is 0 Å². The Bertz CT molecular complexity index is 1190. The molecule has 0 saturated carbocycles. The Morgan fingerprint density at radius 1 is 0.818 bits per heavy atom. The van der Waals surface area contributed by atoms with Crippen LogP contribution in [0.25, 0.3) is 22.0 Å². The van der Waals surface area contributed by atoms with E-state index in [-0.39, 0.29) is 0 Å². The van der Waals surface area contributed by atoms with Crippen molar-refractivity contribution in [3.8, 4) is 11.5 Å². The number of para-hydroxylation sites is 1. The fourth-order valence-electron chi connectivity index (χ4n) is 4.47. The highest BCUT2D eigenvalue weighted by Gasteiger charge is 2.18. The van der Waals surface area contributed by atoms with Crippen molar-refractivity contribution in [3.63, 3.8) is 0 Å². The molecule has 4 nitrogen and oxygen atoms in total. The lowest BCUT2D eigenvalue weighted by Gasteiger charge is -2.16. The second-order valence-corrected chi connectivity index (χ2v) is 8.06. The number of aryl methyl sites for hydroxylation is 1. The van der Waals surface area contributed by atoms with E-state index in [2.05, 4.69) is 66.2 Å². The normalized spacial score (nSPS) is 10.9. The summed E-state index contributed by atoms with van der Waals surface area (Å²) in [4.78, 5) is 0. The highest BCUT2D eigenvalue weighted by Crippen LogP contribution is 2.39. The molecule has 4 heteroatoms. The standard InChI is InChI=1S/C29H32N2O2/c1-4-25(27-20-31(19-7-18-30)28-9-6-5-8-26(27)28)29(21-10-14-23(32-2)15-11-21)22-12-16-24(33-3)17-13-22/h5-6,8-17,20H,4,7,18-19,30H2,1-3H3. The maximum atomic E-state index is 5.82. The average Bonchev–Trinajstić information content (AvgIpc) is 3.24. The molecule has 0 radical (unpaired) electrons. The Hall–Kier alpha value is -3.50. The molecule has 0 amide bonds. The van der Waals surface area contributed by atoms with Crippen molar-refractivity contribution in [1.82, 2.24) is 4.57 Å². The molecule has 0 aliphatic carbocycles. The van der Waals surface area contributed by atoms with Crippen LogP contribution in [0.1, 0.15) is 36.5 Å². The van der Waals surface area contributed by atoms with Crippen LogP contribution in [0.3, 0.4) is 0 Å². The summed E-state index contributed by atoms with van der Waals surface area (Å²) < 4.78 is 13.2. The first kappa shape index (κ1) is 22.7. The van der Waals surface area contributed by atoms with Gasteiger partial charge in [-0.15, -0.1) is 0 Å². The van der Waals surface area contributed by atoms with Crippen LogP contribution < -0.4 is 15.2 Å². The zero-order valence-corrected chi connectivity index (χ0v) is 19.7. The molecule has 4 aromatic rings. The molecule has 0 saturated heterocycles. The highest BCUT2D eigenvalue weighted by atomic mass is 16.5. The molecule has 3 aromatic carbocycles. The fraction of sp³-hybridized carbons (Fsp3) is 0.241. The van der Waals surface area contributed by atoms with Crippen LogP contribution in [0.15, 0.2) is 79.0 Å². The van der Waals surface area contributed by atoms with Gasteiger partial charge in [-0.2, -0.15) is 0 Å². The van der Waals surface area contributed by atoms with Gasteiger partial charge in [-0.05, 0) is 72.0 Å². The third-order valence-corrected chi connectivity index (χ3v) is 6.13. The van der Waals surface area contributed by atoms with Crippen molar-refractivity contribution >= 4 is 22.0 Å². The third kappa shape index (κ3) is 4.67. The van der Waals surface area contributed by atoms with Crippen LogP contribution in [0.5, 0.6) is 11.5 Å². The number of nitrogens with zero attached hydrogens (tertiary/aromatic N) is 1. The van der Waals surface area contributed by atoms with Gasteiger partial charge in [0.15, 0.2) is 0 Å². The second kappa shape index (κ2) is 10.4. The maximum absolute atomic E-state index is 5.82. The maximum Gasteiger partial charge on any atom is 0.118 e. The quantitative estimate of drug-likeness (QED) is 0.329. The average molecular weight is 441 g/mol. The number of allylic oxidation sites excluding steroid dienone is 1. The molecule has 0 atom stereocenters. The molecule has 170 valence electrons. The number of hydrogen-bond acceptors (Lipinski definition) is 3. The monoisotopic (exact) mass is 440 g/mol. The Morgan fingerprint density at radius 3 is 1.91 bits per heavy atom. The number of rotatable bonds is 9. The molecular weight excluding hydrogens is 408 g/mol. The fourth-order valence-corrected chi connectivity index (χ4v) is 4.47. The summed E-state index contributed by atoms with van der Waals surface area (Å²) in [5.74, 6) is 1.70. The van der Waals surface area contributed by atoms with Gasteiger partial charge in [-0.25, -0.2) is 0 Å². The number of methoxy groups -OCH3 is 2. The Balaban J connectivity index is 1.97. The van der Waals surface area contributed by atoms with E-state index >= 15 is 0 Å². The van der Waals surface area contributed by atoms with Gasteiger partial charge in [0.2, 0.25) is 0 Å². The zero-order valence-electron chi connectivity index (χ0n) is 19.7. The molecule has 0 aliphatic heterocycles. The topological polar surface area (TPSA) is 49.4 Å². The van der Waals surface area contributed by atoms with Crippen LogP contribution in [0.4, 0.5) is 0 Å². The number of fused-ring (bicyclic) bond motifs is 1. The van der Waals surface area contributed by atoms with Crippen molar-refractivity contribution in [3.05, 3.63) is 95.7 Å². The smallest absolute Gasteiger partial charge is 0.118 e. The number of ether oxygens (including phenoxy) is 2. The van der Waals surface area contributed by atoms with Gasteiger partial charge in [0.1, 0.15) is 11.5 Å². The van der Waals surface area contributed by atoms with Gasteiger partial charge >= 0.3 is 0 Å². The Labute approximate surface area is 196 Å². The van der Waals surface area contributed by atoms with E-state index in [1.807, 2.05) is 24.3 Å². The number of aromatic nitrogens is 1. The van der Waals surface area contributed by atoms with E-state index in [4.69, 9.17) is 15.2 Å². The van der Waals surface area contributed by atoms with Crippen molar-refractivity contribution in [2.75, 3.05) is 20.8 Å². The molecule has 0 spiro atoms. The lowest BCUT2D eigenvalue weighted by Crippen LogP contribution is -2.04. The van der Waals surface area contributed by atoms with Gasteiger partial charge in [0.25, 0.3) is 0 Å². The molecule has 0 unspecified atom stereocenters. The molecule has 0 aliphatic rings. The Morgan fingerprint density at radius 2 is 1.39 bits per heavy atom. The highest BCUT2D eigenvalue weighted by molar-refractivity contribution is 6.05. The second-order valence-electron chi connectivity index (χ2n) is 8.06. The molecule has 1 heterocycles. The molecule has 1 aromatic heterocycles. The van der Waals surface area contributed by atoms with E-state index in [0.717, 1.165) is 42.0 Å². The van der Waals surface area contributed by atoms with Crippen LogP contribution >= 0.6 is 0 Å². The lowest BCUT2D eigenvalue weighted by atomic mass is 9.88. The minimum absolute atomic E-state index is 0.682. The van der Waals surface area contributed by atoms with Crippen LogP contribution in [-0.2, 0) is 6.54 Å². The van der Waals surface area contributed by atoms with Crippen molar-refractivity contribution < 1.29 is 9.47 Å². The summed E-state index contributed by atoms with van der Waals surface area (Å²) in [6, 6.07) is 25.3.